The van der Waals surface area contributed by atoms with Gasteiger partial charge in [-0.15, -0.1) is 11.3 Å². The van der Waals surface area contributed by atoms with Crippen molar-refractivity contribution in [1.29, 1.82) is 0 Å². The first-order valence-corrected chi connectivity index (χ1v) is 9.97. The molecule has 3 aromatic rings. The van der Waals surface area contributed by atoms with Gasteiger partial charge in [-0.2, -0.15) is 0 Å². The van der Waals surface area contributed by atoms with Crippen LogP contribution >= 0.6 is 22.9 Å². The zero-order valence-electron chi connectivity index (χ0n) is 14.9. The van der Waals surface area contributed by atoms with Gasteiger partial charge in [0.05, 0.1) is 10.6 Å². The average Bonchev–Trinajstić information content (AvgIpc) is 3.25. The Bertz CT molecular complexity index is 1100. The van der Waals surface area contributed by atoms with Crippen LogP contribution in [0.3, 0.4) is 0 Å². The maximum atomic E-state index is 11.5. The van der Waals surface area contributed by atoms with Gasteiger partial charge in [0.15, 0.2) is 0 Å². The van der Waals surface area contributed by atoms with Gasteiger partial charge in [0, 0.05) is 29.9 Å². The highest BCUT2D eigenvalue weighted by atomic mass is 35.5. The zero-order valence-corrected chi connectivity index (χ0v) is 16.5. The Balaban J connectivity index is 1.69. The molecule has 0 spiro atoms. The van der Waals surface area contributed by atoms with Crippen molar-refractivity contribution in [1.82, 2.24) is 9.97 Å². The van der Waals surface area contributed by atoms with E-state index in [9.17, 15) is 9.90 Å². The fraction of sp³-hybridized carbons (Fsp3) is 0.238. The monoisotopic (exact) mass is 398 g/mol. The van der Waals surface area contributed by atoms with Gasteiger partial charge < -0.3 is 10.1 Å². The van der Waals surface area contributed by atoms with Crippen LogP contribution in [0.15, 0.2) is 47.7 Å². The fourth-order valence-electron chi connectivity index (χ4n) is 3.82. The highest BCUT2D eigenvalue weighted by Crippen LogP contribution is 2.42. The Labute approximate surface area is 166 Å². The summed E-state index contributed by atoms with van der Waals surface area (Å²) in [6, 6.07) is 5.95. The molecule has 0 aliphatic heterocycles. The Hall–Kier alpha value is -2.37. The molecule has 0 saturated carbocycles. The van der Waals surface area contributed by atoms with E-state index in [1.165, 1.54) is 16.7 Å². The largest absolute Gasteiger partial charge is 0.513 e. The number of aromatic nitrogens is 2. The summed E-state index contributed by atoms with van der Waals surface area (Å²) >= 11 is 7.52. The van der Waals surface area contributed by atoms with Crippen molar-refractivity contribution in [2.75, 3.05) is 0 Å². The summed E-state index contributed by atoms with van der Waals surface area (Å²) in [6.45, 7) is 5.78. The molecule has 4 rings (SSSR count). The summed E-state index contributed by atoms with van der Waals surface area (Å²) < 4.78 is 0. The molecule has 0 radical (unpaired) electrons. The Morgan fingerprint density at radius 2 is 2.30 bits per heavy atom. The molecule has 2 heterocycles. The predicted octanol–water partition coefficient (Wildman–Crippen LogP) is 5.62. The highest BCUT2D eigenvalue weighted by Gasteiger charge is 2.26. The average molecular weight is 399 g/mol. The summed E-state index contributed by atoms with van der Waals surface area (Å²) in [6.07, 6.45) is 6.15. The molecule has 138 valence electrons. The van der Waals surface area contributed by atoms with E-state index in [-0.39, 0.29) is 16.3 Å². The Kier molecular flexibility index (Phi) is 4.66. The van der Waals surface area contributed by atoms with Crippen molar-refractivity contribution in [3.8, 4) is 21.0 Å². The second kappa shape index (κ2) is 6.98. The third-order valence-corrected chi connectivity index (χ3v) is 6.54. The molecular weight excluding hydrogens is 380 g/mol. The molecule has 0 fully saturated rings. The van der Waals surface area contributed by atoms with E-state index in [1.54, 1.807) is 23.6 Å². The van der Waals surface area contributed by atoms with E-state index < -0.39 is 0 Å². The molecule has 1 aliphatic rings. The van der Waals surface area contributed by atoms with Crippen LogP contribution in [0.25, 0.3) is 21.0 Å². The van der Waals surface area contributed by atoms with E-state index in [0.717, 1.165) is 33.9 Å². The molecule has 1 atom stereocenters. The minimum absolute atomic E-state index is 0.174. The third kappa shape index (κ3) is 3.33. The van der Waals surface area contributed by atoms with Gasteiger partial charge in [-0.25, -0.2) is 4.98 Å². The number of halogens is 1. The number of H-pyrrole nitrogens is 1. The first-order valence-electron chi connectivity index (χ1n) is 8.78. The molecule has 1 unspecified atom stereocenters. The number of allylic oxidation sites excluding steroid dienone is 1. The molecule has 0 saturated heterocycles. The molecule has 1 aromatic carbocycles. The van der Waals surface area contributed by atoms with E-state index in [0.29, 0.717) is 12.3 Å². The number of rotatable bonds is 4. The summed E-state index contributed by atoms with van der Waals surface area (Å²) in [5.74, 6) is 0.596. The van der Waals surface area contributed by atoms with Crippen LogP contribution < -0.4 is 5.56 Å². The zero-order chi connectivity index (χ0) is 19.1. The first-order chi connectivity index (χ1) is 12.9. The smallest absolute Gasteiger partial charge is 0.266 e. The van der Waals surface area contributed by atoms with Crippen molar-refractivity contribution in [3.05, 3.63) is 75.0 Å². The van der Waals surface area contributed by atoms with Gasteiger partial charge >= 0.3 is 0 Å². The molecule has 4 nitrogen and oxygen atoms in total. The van der Waals surface area contributed by atoms with Crippen LogP contribution in [0, 0.1) is 6.92 Å². The Morgan fingerprint density at radius 1 is 1.48 bits per heavy atom. The van der Waals surface area contributed by atoms with Crippen LogP contribution in [0.4, 0.5) is 0 Å². The van der Waals surface area contributed by atoms with E-state index >= 15 is 0 Å². The van der Waals surface area contributed by atoms with Gasteiger partial charge in [0.2, 0.25) is 0 Å². The lowest BCUT2D eigenvalue weighted by molar-refractivity contribution is 0.376. The van der Waals surface area contributed by atoms with Crippen LogP contribution in [-0.2, 0) is 6.42 Å². The standard InChI is InChI=1S/C21H19ClN2O2S/c1-11(25)7-13-3-4-15-12(2)16(5-6-17(13)15)21-24-10-19(27-21)14-8-18(22)20(26)23-9-14/h5-6,8-10,13,25H,1,3-4,7H2,2H3,(H,23,26). The quantitative estimate of drug-likeness (QED) is 0.560. The van der Waals surface area contributed by atoms with Crippen LogP contribution in [-0.4, -0.2) is 15.1 Å². The van der Waals surface area contributed by atoms with Crippen molar-refractivity contribution in [2.45, 2.75) is 32.1 Å². The molecular formula is C21H19ClN2O2S. The second-order valence-electron chi connectivity index (χ2n) is 6.91. The summed E-state index contributed by atoms with van der Waals surface area (Å²) in [5, 5.41) is 10.7. The normalized spacial score (nSPS) is 15.7. The number of aliphatic hydroxyl groups is 1. The number of pyridine rings is 1. The van der Waals surface area contributed by atoms with Crippen molar-refractivity contribution >= 4 is 22.9 Å². The van der Waals surface area contributed by atoms with E-state index in [4.69, 9.17) is 11.6 Å². The summed E-state index contributed by atoms with van der Waals surface area (Å²) in [4.78, 5) is 19.7. The van der Waals surface area contributed by atoms with Gasteiger partial charge in [0.1, 0.15) is 10.0 Å². The number of nitrogens with zero attached hydrogens (tertiary/aromatic N) is 1. The minimum atomic E-state index is -0.292. The summed E-state index contributed by atoms with van der Waals surface area (Å²) in [7, 11) is 0. The van der Waals surface area contributed by atoms with Crippen LogP contribution in [0.5, 0.6) is 0 Å². The number of fused-ring (bicyclic) bond motifs is 1. The van der Waals surface area contributed by atoms with E-state index in [1.807, 2.05) is 6.20 Å². The highest BCUT2D eigenvalue weighted by molar-refractivity contribution is 7.18. The lowest BCUT2D eigenvalue weighted by Crippen LogP contribution is -2.04. The van der Waals surface area contributed by atoms with E-state index in [2.05, 4.69) is 35.6 Å². The number of benzene rings is 1. The maximum Gasteiger partial charge on any atom is 0.266 e. The fourth-order valence-corrected chi connectivity index (χ4v) is 4.98. The molecule has 1 aliphatic carbocycles. The van der Waals surface area contributed by atoms with Crippen LogP contribution in [0.1, 0.15) is 35.4 Å². The van der Waals surface area contributed by atoms with Crippen LogP contribution in [0.2, 0.25) is 5.02 Å². The number of hydrogen-bond acceptors (Lipinski definition) is 4. The number of aliphatic hydroxyl groups excluding tert-OH is 1. The molecule has 2 aromatic heterocycles. The Morgan fingerprint density at radius 3 is 3.04 bits per heavy atom. The maximum absolute atomic E-state index is 11.5. The van der Waals surface area contributed by atoms with Gasteiger partial charge in [-0.05, 0) is 48.4 Å². The van der Waals surface area contributed by atoms with Gasteiger partial charge in [0.25, 0.3) is 5.56 Å². The molecule has 6 heteroatoms. The molecule has 0 bridgehead atoms. The van der Waals surface area contributed by atoms with Gasteiger partial charge in [-0.3, -0.25) is 4.79 Å². The number of hydrogen-bond donors (Lipinski definition) is 2. The predicted molar refractivity (Wildman–Crippen MR) is 111 cm³/mol. The minimum Gasteiger partial charge on any atom is -0.513 e. The number of aromatic amines is 1. The lowest BCUT2D eigenvalue weighted by atomic mass is 9.93. The third-order valence-electron chi connectivity index (χ3n) is 5.18. The first kappa shape index (κ1) is 18.0. The topological polar surface area (TPSA) is 66.0 Å². The number of thiazole rings is 1. The molecule has 27 heavy (non-hydrogen) atoms. The molecule has 0 amide bonds. The SMILES string of the molecule is C=C(O)CC1CCc2c1ccc(-c1ncc(-c3c[nH]c(=O)c(Cl)c3)s1)c2C. The van der Waals surface area contributed by atoms with Gasteiger partial charge in [-0.1, -0.05) is 30.3 Å². The second-order valence-corrected chi connectivity index (χ2v) is 8.34. The summed E-state index contributed by atoms with van der Waals surface area (Å²) in [5.41, 5.74) is 5.62. The van der Waals surface area contributed by atoms with Crippen molar-refractivity contribution in [2.24, 2.45) is 0 Å². The molecule has 2 N–H and O–H groups in total. The van der Waals surface area contributed by atoms with Crippen molar-refractivity contribution in [3.63, 3.8) is 0 Å². The van der Waals surface area contributed by atoms with Crippen molar-refractivity contribution < 1.29 is 5.11 Å². The number of nitrogens with one attached hydrogen (secondary N) is 1. The lowest BCUT2D eigenvalue weighted by Gasteiger charge is -2.13.